The summed E-state index contributed by atoms with van der Waals surface area (Å²) in [5.74, 6) is 1.25. The number of amides is 1. The molecule has 0 atom stereocenters. The van der Waals surface area contributed by atoms with Crippen molar-refractivity contribution in [2.75, 3.05) is 11.9 Å². The van der Waals surface area contributed by atoms with Crippen LogP contribution < -0.4 is 14.8 Å². The van der Waals surface area contributed by atoms with E-state index in [9.17, 15) is 4.79 Å². The number of hydrogen-bond donors (Lipinski definition) is 1. The fourth-order valence-corrected chi connectivity index (χ4v) is 2.89. The number of carbonyl (C=O) groups is 1. The fourth-order valence-electron chi connectivity index (χ4n) is 2.69. The molecule has 0 radical (unpaired) electrons. The summed E-state index contributed by atoms with van der Waals surface area (Å²) in [7, 11) is 0. The highest BCUT2D eigenvalue weighted by Crippen LogP contribution is 2.24. The zero-order valence-electron chi connectivity index (χ0n) is 15.9. The van der Waals surface area contributed by atoms with Crippen LogP contribution in [0.3, 0.4) is 0 Å². The van der Waals surface area contributed by atoms with Crippen molar-refractivity contribution in [2.24, 2.45) is 0 Å². The van der Waals surface area contributed by atoms with Crippen molar-refractivity contribution in [3.8, 4) is 11.5 Å². The second-order valence-corrected chi connectivity index (χ2v) is 6.76. The van der Waals surface area contributed by atoms with Gasteiger partial charge in [-0.2, -0.15) is 0 Å². The first kappa shape index (κ1) is 19.8. The van der Waals surface area contributed by atoms with Gasteiger partial charge in [-0.25, -0.2) is 0 Å². The lowest BCUT2D eigenvalue weighted by molar-refractivity contribution is 0.102. The van der Waals surface area contributed by atoms with E-state index in [0.717, 1.165) is 11.3 Å². The molecule has 0 heterocycles. The molecule has 0 unspecified atom stereocenters. The minimum Gasteiger partial charge on any atom is -0.493 e. The van der Waals surface area contributed by atoms with Crippen molar-refractivity contribution < 1.29 is 14.3 Å². The molecule has 0 spiro atoms. The average Bonchev–Trinajstić information content (AvgIpc) is 2.68. The summed E-state index contributed by atoms with van der Waals surface area (Å²) in [6, 6.07) is 20.2. The van der Waals surface area contributed by atoms with Crippen molar-refractivity contribution in [1.29, 1.82) is 0 Å². The van der Waals surface area contributed by atoms with E-state index in [1.807, 2.05) is 38.1 Å². The summed E-state index contributed by atoms with van der Waals surface area (Å²) in [4.78, 5) is 12.6. The minimum absolute atomic E-state index is 0.220. The molecule has 4 nitrogen and oxygen atoms in total. The number of rotatable bonds is 7. The van der Waals surface area contributed by atoms with Gasteiger partial charge < -0.3 is 14.8 Å². The fraction of sp³-hybridized carbons (Fsp3) is 0.174. The molecule has 1 N–H and O–H groups in total. The summed E-state index contributed by atoms with van der Waals surface area (Å²) < 4.78 is 11.6. The number of ether oxygens (including phenoxy) is 2. The highest BCUT2D eigenvalue weighted by Gasteiger charge is 2.12. The van der Waals surface area contributed by atoms with E-state index in [-0.39, 0.29) is 5.91 Å². The summed E-state index contributed by atoms with van der Waals surface area (Å²) >= 11 is 5.98. The van der Waals surface area contributed by atoms with Crippen LogP contribution in [0.4, 0.5) is 5.69 Å². The third-order valence-corrected chi connectivity index (χ3v) is 4.36. The van der Waals surface area contributed by atoms with Crippen LogP contribution in [0.2, 0.25) is 5.02 Å². The normalized spacial score (nSPS) is 10.4. The van der Waals surface area contributed by atoms with Crippen molar-refractivity contribution in [3.63, 3.8) is 0 Å². The number of carbonyl (C=O) groups excluding carboxylic acids is 1. The molecular formula is C23H22ClNO3. The third kappa shape index (κ3) is 5.27. The predicted molar refractivity (Wildman–Crippen MR) is 113 cm³/mol. The van der Waals surface area contributed by atoms with Crippen molar-refractivity contribution in [3.05, 3.63) is 88.4 Å². The van der Waals surface area contributed by atoms with E-state index in [2.05, 4.69) is 5.32 Å². The first-order valence-corrected chi connectivity index (χ1v) is 9.45. The molecule has 28 heavy (non-hydrogen) atoms. The van der Waals surface area contributed by atoms with E-state index in [4.69, 9.17) is 21.1 Å². The molecule has 0 saturated heterocycles. The average molecular weight is 396 g/mol. The molecule has 0 aliphatic carbocycles. The van der Waals surface area contributed by atoms with Crippen LogP contribution in [0.15, 0.2) is 66.7 Å². The molecule has 144 valence electrons. The molecule has 3 aromatic rings. The first-order valence-electron chi connectivity index (χ1n) is 9.07. The van der Waals surface area contributed by atoms with Gasteiger partial charge in [0.2, 0.25) is 0 Å². The Morgan fingerprint density at radius 2 is 1.79 bits per heavy atom. The zero-order valence-corrected chi connectivity index (χ0v) is 16.6. The van der Waals surface area contributed by atoms with Gasteiger partial charge in [0.25, 0.3) is 5.91 Å². The molecule has 3 aromatic carbocycles. The van der Waals surface area contributed by atoms with Crippen molar-refractivity contribution in [1.82, 2.24) is 0 Å². The Kier molecular flexibility index (Phi) is 6.56. The third-order valence-electron chi connectivity index (χ3n) is 4.12. The molecule has 5 heteroatoms. The standard InChI is InChI=1S/C23H22ClNO3/c1-3-27-22-12-9-17(23(26)25-20-6-4-5-19(24)14-20)13-18(22)15-28-21-10-7-16(2)8-11-21/h4-14H,3,15H2,1-2H3,(H,25,26). The minimum atomic E-state index is -0.220. The summed E-state index contributed by atoms with van der Waals surface area (Å²) in [5, 5.41) is 3.42. The van der Waals surface area contributed by atoms with Gasteiger partial charge in [0.15, 0.2) is 0 Å². The maximum Gasteiger partial charge on any atom is 0.255 e. The highest BCUT2D eigenvalue weighted by molar-refractivity contribution is 6.30. The Balaban J connectivity index is 1.77. The Morgan fingerprint density at radius 3 is 2.50 bits per heavy atom. The van der Waals surface area contributed by atoms with Crippen LogP contribution in [0.5, 0.6) is 11.5 Å². The number of halogens is 1. The van der Waals surface area contributed by atoms with Crippen LogP contribution in [-0.2, 0) is 6.61 Å². The molecule has 0 aliphatic heterocycles. The Bertz CT molecular complexity index is 954. The highest BCUT2D eigenvalue weighted by atomic mass is 35.5. The predicted octanol–water partition coefficient (Wildman–Crippen LogP) is 5.88. The van der Waals surface area contributed by atoms with Gasteiger partial charge in [-0.1, -0.05) is 35.4 Å². The maximum atomic E-state index is 12.6. The van der Waals surface area contributed by atoms with Crippen LogP contribution in [0.1, 0.15) is 28.4 Å². The monoisotopic (exact) mass is 395 g/mol. The first-order chi connectivity index (χ1) is 13.5. The topological polar surface area (TPSA) is 47.6 Å². The quantitative estimate of drug-likeness (QED) is 0.543. The van der Waals surface area contributed by atoms with Gasteiger partial charge >= 0.3 is 0 Å². The van der Waals surface area contributed by atoms with Gasteiger partial charge in [-0.05, 0) is 62.4 Å². The number of nitrogens with one attached hydrogen (secondary N) is 1. The summed E-state index contributed by atoms with van der Waals surface area (Å²) in [6.45, 7) is 4.78. The second kappa shape index (κ2) is 9.29. The largest absolute Gasteiger partial charge is 0.493 e. The molecule has 3 rings (SSSR count). The van der Waals surface area contributed by atoms with E-state index < -0.39 is 0 Å². The van der Waals surface area contributed by atoms with Gasteiger partial charge in [-0.15, -0.1) is 0 Å². The van der Waals surface area contributed by atoms with Gasteiger partial charge in [0, 0.05) is 21.8 Å². The summed E-state index contributed by atoms with van der Waals surface area (Å²) in [5.41, 5.74) is 3.14. The molecule has 0 bridgehead atoms. The van der Waals surface area contributed by atoms with Crippen LogP contribution in [0, 0.1) is 6.92 Å². The van der Waals surface area contributed by atoms with Gasteiger partial charge in [-0.3, -0.25) is 4.79 Å². The number of anilines is 1. The Hall–Kier alpha value is -2.98. The number of aryl methyl sites for hydroxylation is 1. The van der Waals surface area contributed by atoms with Crippen LogP contribution in [-0.4, -0.2) is 12.5 Å². The SMILES string of the molecule is CCOc1ccc(C(=O)Nc2cccc(Cl)c2)cc1COc1ccc(C)cc1. The Morgan fingerprint density at radius 1 is 1.00 bits per heavy atom. The molecule has 0 saturated carbocycles. The molecule has 1 amide bonds. The number of benzene rings is 3. The second-order valence-electron chi connectivity index (χ2n) is 6.32. The van der Waals surface area contributed by atoms with Crippen LogP contribution in [0.25, 0.3) is 0 Å². The van der Waals surface area contributed by atoms with Crippen LogP contribution >= 0.6 is 11.6 Å². The lowest BCUT2D eigenvalue weighted by atomic mass is 10.1. The van der Waals surface area contributed by atoms with Gasteiger partial charge in [0.05, 0.1) is 6.61 Å². The van der Waals surface area contributed by atoms with E-state index in [1.54, 1.807) is 42.5 Å². The zero-order chi connectivity index (χ0) is 19.9. The van der Waals surface area contributed by atoms with E-state index >= 15 is 0 Å². The molecule has 0 aliphatic rings. The lowest BCUT2D eigenvalue weighted by Crippen LogP contribution is -2.13. The van der Waals surface area contributed by atoms with Crippen molar-refractivity contribution >= 4 is 23.2 Å². The van der Waals surface area contributed by atoms with E-state index in [1.165, 1.54) is 5.56 Å². The van der Waals surface area contributed by atoms with E-state index in [0.29, 0.717) is 35.2 Å². The maximum absolute atomic E-state index is 12.6. The van der Waals surface area contributed by atoms with Crippen molar-refractivity contribution in [2.45, 2.75) is 20.5 Å². The summed E-state index contributed by atoms with van der Waals surface area (Å²) in [6.07, 6.45) is 0. The van der Waals surface area contributed by atoms with Gasteiger partial charge in [0.1, 0.15) is 18.1 Å². The molecule has 0 aromatic heterocycles. The smallest absolute Gasteiger partial charge is 0.255 e. The number of hydrogen-bond acceptors (Lipinski definition) is 3. The molecular weight excluding hydrogens is 374 g/mol. The molecule has 0 fully saturated rings. The lowest BCUT2D eigenvalue weighted by Gasteiger charge is -2.14. The Labute approximate surface area is 170 Å².